The molecule has 2 aliphatic rings. The number of aromatic nitrogens is 3. The highest BCUT2D eigenvalue weighted by Crippen LogP contribution is 2.34. The van der Waals surface area contributed by atoms with Crippen LogP contribution < -0.4 is 14.2 Å². The van der Waals surface area contributed by atoms with E-state index in [1.165, 1.54) is 13.2 Å². The third-order valence-corrected chi connectivity index (χ3v) is 8.08. The van der Waals surface area contributed by atoms with Gasteiger partial charge in [-0.2, -0.15) is 0 Å². The van der Waals surface area contributed by atoms with Gasteiger partial charge in [0, 0.05) is 35.8 Å². The number of benzene rings is 3. The maximum Gasteiger partial charge on any atom is 0.337 e. The average Bonchev–Trinajstić information content (AvgIpc) is 3.39. The van der Waals surface area contributed by atoms with Crippen LogP contribution in [0.15, 0.2) is 66.7 Å². The van der Waals surface area contributed by atoms with Crippen LogP contribution in [0.1, 0.15) is 33.7 Å². The highest BCUT2D eigenvalue weighted by molar-refractivity contribution is 5.93. The molecule has 2 aromatic heterocycles. The quantitative estimate of drug-likeness (QED) is 0.167. The standard InChI is InChI=1S/C35H29FN4O6/c1-37-24-8-6-22-20-46-34-5-3-4-28(39-34)26-18-32(45-13-12-44-31(22)17-24)23(14-27(26)36)16-33-38-29-9-7-21(35(41)42-2)15-30(29)40(33)19-25-10-11-43-25/h3-9,14-15,17-18,25H,10-13,16,19-20H2,2H3/t25-/m0/s1. The molecule has 5 aromatic rings. The molecule has 4 bridgehead atoms. The summed E-state index contributed by atoms with van der Waals surface area (Å²) in [5, 5.41) is 0. The Morgan fingerprint density at radius 3 is 2.65 bits per heavy atom. The molecule has 0 N–H and O–H groups in total. The Labute approximate surface area is 264 Å². The van der Waals surface area contributed by atoms with E-state index in [1.807, 2.05) is 4.57 Å². The van der Waals surface area contributed by atoms with Crippen molar-refractivity contribution in [1.29, 1.82) is 0 Å². The summed E-state index contributed by atoms with van der Waals surface area (Å²) >= 11 is 0. The minimum atomic E-state index is -0.467. The van der Waals surface area contributed by atoms with Gasteiger partial charge in [-0.1, -0.05) is 18.2 Å². The van der Waals surface area contributed by atoms with Crippen molar-refractivity contribution in [3.63, 3.8) is 0 Å². The van der Waals surface area contributed by atoms with Gasteiger partial charge in [0.15, 0.2) is 5.69 Å². The van der Waals surface area contributed by atoms with Gasteiger partial charge in [0.25, 0.3) is 0 Å². The number of esters is 1. The third-order valence-electron chi connectivity index (χ3n) is 8.08. The molecule has 46 heavy (non-hydrogen) atoms. The van der Waals surface area contributed by atoms with Crippen LogP contribution in [0.25, 0.3) is 27.1 Å². The zero-order valence-corrected chi connectivity index (χ0v) is 25.0. The molecule has 232 valence electrons. The molecule has 11 heteroatoms. The molecule has 7 rings (SSSR count). The first kappa shape index (κ1) is 29.3. The summed E-state index contributed by atoms with van der Waals surface area (Å²) in [5.41, 5.74) is 4.30. The van der Waals surface area contributed by atoms with E-state index in [0.717, 1.165) is 17.5 Å². The highest BCUT2D eigenvalue weighted by Gasteiger charge is 2.24. The average molecular weight is 621 g/mol. The van der Waals surface area contributed by atoms with Crippen LogP contribution in [0, 0.1) is 12.4 Å². The Morgan fingerprint density at radius 1 is 1.02 bits per heavy atom. The Bertz CT molecular complexity index is 2000. The molecule has 0 unspecified atom stereocenters. The lowest BCUT2D eigenvalue weighted by molar-refractivity contribution is -0.0589. The van der Waals surface area contributed by atoms with Crippen LogP contribution >= 0.6 is 0 Å². The number of imidazole rings is 1. The molecule has 0 radical (unpaired) electrons. The molecule has 1 atom stereocenters. The Morgan fingerprint density at radius 2 is 1.87 bits per heavy atom. The minimum absolute atomic E-state index is 0.00953. The molecule has 0 amide bonds. The SMILES string of the molecule is [C-]#[N+]c1ccc2c(c1)OCCOc1cc(c(F)cc1Cc1nc3ccc(C(=O)OC)cc3n1C[C@@H]1CCO1)-c1cccc(n1)OC2. The van der Waals surface area contributed by atoms with Crippen LogP contribution in [0.5, 0.6) is 17.4 Å². The molecule has 0 spiro atoms. The first-order valence-corrected chi connectivity index (χ1v) is 14.9. The number of fused-ring (bicyclic) bond motifs is 7. The predicted octanol–water partition coefficient (Wildman–Crippen LogP) is 6.30. The normalized spacial score (nSPS) is 15.6. The summed E-state index contributed by atoms with van der Waals surface area (Å²) in [6.07, 6.45) is 1.16. The van der Waals surface area contributed by atoms with Crippen LogP contribution in [-0.2, 0) is 29.0 Å². The number of nitrogens with zero attached hydrogens (tertiary/aromatic N) is 4. The van der Waals surface area contributed by atoms with E-state index in [-0.39, 0.29) is 37.9 Å². The Balaban J connectivity index is 1.28. The number of hydrogen-bond donors (Lipinski definition) is 0. The second kappa shape index (κ2) is 12.5. The van der Waals surface area contributed by atoms with Crippen LogP contribution in [0.3, 0.4) is 0 Å². The van der Waals surface area contributed by atoms with Gasteiger partial charge >= 0.3 is 5.97 Å². The summed E-state index contributed by atoms with van der Waals surface area (Å²) in [4.78, 5) is 25.3. The lowest BCUT2D eigenvalue weighted by Gasteiger charge is -2.27. The van der Waals surface area contributed by atoms with E-state index < -0.39 is 11.8 Å². The summed E-state index contributed by atoms with van der Waals surface area (Å²) in [6.45, 7) is 9.11. The number of ether oxygens (including phenoxy) is 5. The molecule has 1 saturated heterocycles. The van der Waals surface area contributed by atoms with Crippen LogP contribution in [0.4, 0.5) is 10.1 Å². The van der Waals surface area contributed by atoms with E-state index in [9.17, 15) is 4.79 Å². The minimum Gasteiger partial charge on any atom is -0.491 e. The molecule has 0 saturated carbocycles. The van der Waals surface area contributed by atoms with Gasteiger partial charge in [-0.05, 0) is 48.9 Å². The summed E-state index contributed by atoms with van der Waals surface area (Å²) in [5.74, 6) is 1.05. The second-order valence-electron chi connectivity index (χ2n) is 11.0. The number of methoxy groups -OCH3 is 1. The number of rotatable bonds is 5. The van der Waals surface area contributed by atoms with Gasteiger partial charge in [0.2, 0.25) is 5.88 Å². The number of carbonyl (C=O) groups is 1. The van der Waals surface area contributed by atoms with Crippen molar-refractivity contribution in [2.75, 3.05) is 26.9 Å². The van der Waals surface area contributed by atoms with Crippen molar-refractivity contribution in [2.24, 2.45) is 0 Å². The first-order chi connectivity index (χ1) is 22.5. The predicted molar refractivity (Wildman–Crippen MR) is 166 cm³/mol. The molecule has 4 heterocycles. The maximum atomic E-state index is 15.9. The monoisotopic (exact) mass is 620 g/mol. The molecule has 0 aliphatic carbocycles. The largest absolute Gasteiger partial charge is 0.491 e. The fraction of sp³-hybridized carbons (Fsp3) is 0.257. The van der Waals surface area contributed by atoms with Gasteiger partial charge in [-0.3, -0.25) is 0 Å². The number of hydrogen-bond acceptors (Lipinski definition) is 8. The summed E-state index contributed by atoms with van der Waals surface area (Å²) < 4.78 is 46.8. The Kier molecular flexibility index (Phi) is 7.95. The molecular weight excluding hydrogens is 591 g/mol. The van der Waals surface area contributed by atoms with Crippen molar-refractivity contribution < 1.29 is 32.9 Å². The zero-order chi connectivity index (χ0) is 31.6. The van der Waals surface area contributed by atoms with Gasteiger partial charge in [-0.25, -0.2) is 24.0 Å². The van der Waals surface area contributed by atoms with E-state index in [2.05, 4.69) is 9.83 Å². The summed E-state index contributed by atoms with van der Waals surface area (Å²) in [6, 6.07) is 18.7. The van der Waals surface area contributed by atoms with Crippen molar-refractivity contribution in [3.05, 3.63) is 106 Å². The fourth-order valence-electron chi connectivity index (χ4n) is 5.59. The third kappa shape index (κ3) is 5.82. The van der Waals surface area contributed by atoms with Crippen molar-refractivity contribution >= 4 is 22.7 Å². The van der Waals surface area contributed by atoms with Gasteiger partial charge < -0.3 is 28.3 Å². The number of pyridine rings is 1. The van der Waals surface area contributed by atoms with Crippen molar-refractivity contribution in [2.45, 2.75) is 32.1 Å². The van der Waals surface area contributed by atoms with E-state index in [1.54, 1.807) is 60.7 Å². The zero-order valence-electron chi connectivity index (χ0n) is 25.0. The highest BCUT2D eigenvalue weighted by atomic mass is 19.1. The molecule has 10 nitrogen and oxygen atoms in total. The maximum absolute atomic E-state index is 15.9. The number of carbonyl (C=O) groups excluding carboxylic acids is 1. The summed E-state index contributed by atoms with van der Waals surface area (Å²) in [7, 11) is 1.34. The Hall–Kier alpha value is -5.47. The lowest BCUT2D eigenvalue weighted by Crippen LogP contribution is -2.31. The number of halogens is 1. The van der Waals surface area contributed by atoms with Gasteiger partial charge in [0.1, 0.15) is 43.0 Å². The van der Waals surface area contributed by atoms with E-state index >= 15 is 4.39 Å². The van der Waals surface area contributed by atoms with Gasteiger partial charge in [-0.15, -0.1) is 0 Å². The smallest absolute Gasteiger partial charge is 0.337 e. The van der Waals surface area contributed by atoms with Gasteiger partial charge in [0.05, 0.1) is 48.6 Å². The molecular formula is C35H29FN4O6. The van der Waals surface area contributed by atoms with Crippen molar-refractivity contribution in [1.82, 2.24) is 14.5 Å². The van der Waals surface area contributed by atoms with Crippen LogP contribution in [-0.4, -0.2) is 53.5 Å². The molecule has 2 aliphatic heterocycles. The fourth-order valence-corrected chi connectivity index (χ4v) is 5.59. The molecule has 1 fully saturated rings. The van der Waals surface area contributed by atoms with Crippen molar-refractivity contribution in [3.8, 4) is 28.6 Å². The van der Waals surface area contributed by atoms with E-state index in [0.29, 0.717) is 64.4 Å². The lowest BCUT2D eigenvalue weighted by atomic mass is 10.0. The molecule has 3 aromatic carbocycles. The topological polar surface area (TPSA) is 98.3 Å². The van der Waals surface area contributed by atoms with E-state index in [4.69, 9.17) is 35.2 Å². The van der Waals surface area contributed by atoms with Crippen LogP contribution in [0.2, 0.25) is 0 Å². The second-order valence-corrected chi connectivity index (χ2v) is 11.0. The first-order valence-electron chi connectivity index (χ1n) is 14.9.